The van der Waals surface area contributed by atoms with Crippen molar-refractivity contribution < 1.29 is 4.79 Å². The van der Waals surface area contributed by atoms with Crippen molar-refractivity contribution >= 4 is 33.4 Å². The molecule has 2 aromatic heterocycles. The first-order valence-electron chi connectivity index (χ1n) is 10.9. The molecule has 1 saturated carbocycles. The number of aromatic nitrogens is 4. The molecule has 4 aromatic rings. The molecule has 1 aliphatic carbocycles. The van der Waals surface area contributed by atoms with Crippen LogP contribution in [-0.2, 0) is 6.54 Å². The fourth-order valence-electron chi connectivity index (χ4n) is 4.57. The lowest BCUT2D eigenvalue weighted by molar-refractivity contribution is 0.102. The summed E-state index contributed by atoms with van der Waals surface area (Å²) in [5.74, 6) is -0.343. The van der Waals surface area contributed by atoms with Crippen molar-refractivity contribution in [2.75, 3.05) is 5.32 Å². The largest absolute Gasteiger partial charge is 0.327 e. The summed E-state index contributed by atoms with van der Waals surface area (Å²) >= 11 is 0. The molecule has 0 unspecified atom stereocenters. The van der Waals surface area contributed by atoms with E-state index in [-0.39, 0.29) is 17.2 Å². The SMILES string of the molecule is CCn1nc(C(=O)Nc2ccc3c(c2)ncn3C2CCCCC2)c2ccccc2c1=O. The summed E-state index contributed by atoms with van der Waals surface area (Å²) < 4.78 is 3.60. The maximum absolute atomic E-state index is 13.1. The second kappa shape index (κ2) is 7.98. The molecule has 31 heavy (non-hydrogen) atoms. The summed E-state index contributed by atoms with van der Waals surface area (Å²) in [4.78, 5) is 30.2. The topological polar surface area (TPSA) is 81.8 Å². The van der Waals surface area contributed by atoms with E-state index in [0.29, 0.717) is 29.0 Å². The lowest BCUT2D eigenvalue weighted by atomic mass is 9.95. The molecule has 0 aliphatic heterocycles. The van der Waals surface area contributed by atoms with Crippen LogP contribution in [0.1, 0.15) is 55.6 Å². The van der Waals surface area contributed by atoms with Crippen LogP contribution in [0.25, 0.3) is 21.8 Å². The van der Waals surface area contributed by atoms with Crippen LogP contribution in [0.2, 0.25) is 0 Å². The lowest BCUT2D eigenvalue weighted by Crippen LogP contribution is -2.27. The Morgan fingerprint density at radius 3 is 2.65 bits per heavy atom. The van der Waals surface area contributed by atoms with Gasteiger partial charge in [-0.05, 0) is 44.0 Å². The molecule has 1 aliphatic rings. The predicted octanol–water partition coefficient (Wildman–Crippen LogP) is 4.52. The zero-order chi connectivity index (χ0) is 21.4. The van der Waals surface area contributed by atoms with E-state index in [0.717, 1.165) is 11.0 Å². The van der Waals surface area contributed by atoms with Crippen LogP contribution in [0.5, 0.6) is 0 Å². The van der Waals surface area contributed by atoms with Gasteiger partial charge in [-0.25, -0.2) is 9.67 Å². The van der Waals surface area contributed by atoms with E-state index in [4.69, 9.17) is 0 Å². The first-order valence-corrected chi connectivity index (χ1v) is 10.9. The number of amides is 1. The van der Waals surface area contributed by atoms with Gasteiger partial charge in [0.05, 0.1) is 22.7 Å². The van der Waals surface area contributed by atoms with Crippen LogP contribution in [0.3, 0.4) is 0 Å². The number of fused-ring (bicyclic) bond motifs is 2. The molecular weight excluding hydrogens is 390 g/mol. The van der Waals surface area contributed by atoms with E-state index in [1.165, 1.54) is 36.8 Å². The van der Waals surface area contributed by atoms with Gasteiger partial charge in [-0.15, -0.1) is 0 Å². The highest BCUT2D eigenvalue weighted by Gasteiger charge is 2.19. The zero-order valence-electron chi connectivity index (χ0n) is 17.5. The molecule has 5 rings (SSSR count). The monoisotopic (exact) mass is 415 g/mol. The minimum absolute atomic E-state index is 0.190. The highest BCUT2D eigenvalue weighted by molar-refractivity contribution is 6.11. The Labute approximate surface area is 179 Å². The molecule has 2 aromatic carbocycles. The Morgan fingerprint density at radius 2 is 1.87 bits per heavy atom. The average Bonchev–Trinajstić information content (AvgIpc) is 3.23. The van der Waals surface area contributed by atoms with E-state index >= 15 is 0 Å². The molecule has 2 heterocycles. The number of nitrogens with one attached hydrogen (secondary N) is 1. The summed E-state index contributed by atoms with van der Waals surface area (Å²) in [5.41, 5.74) is 2.66. The first kappa shape index (κ1) is 19.5. The maximum atomic E-state index is 13.1. The minimum atomic E-state index is -0.343. The number of hydrogen-bond acceptors (Lipinski definition) is 4. The number of carbonyl (C=O) groups is 1. The van der Waals surface area contributed by atoms with Gasteiger partial charge in [0, 0.05) is 23.7 Å². The van der Waals surface area contributed by atoms with Crippen LogP contribution in [0.4, 0.5) is 5.69 Å². The van der Waals surface area contributed by atoms with Crippen molar-refractivity contribution in [2.45, 2.75) is 51.6 Å². The van der Waals surface area contributed by atoms with Crippen LogP contribution >= 0.6 is 0 Å². The normalized spacial score (nSPS) is 14.9. The lowest BCUT2D eigenvalue weighted by Gasteiger charge is -2.23. The highest BCUT2D eigenvalue weighted by Crippen LogP contribution is 2.31. The van der Waals surface area contributed by atoms with Crippen molar-refractivity contribution in [1.82, 2.24) is 19.3 Å². The maximum Gasteiger partial charge on any atom is 0.276 e. The van der Waals surface area contributed by atoms with Crippen LogP contribution in [0.15, 0.2) is 53.6 Å². The Kier molecular flexibility index (Phi) is 5.02. The van der Waals surface area contributed by atoms with Gasteiger partial charge in [-0.3, -0.25) is 9.59 Å². The van der Waals surface area contributed by atoms with Crippen molar-refractivity contribution in [3.05, 3.63) is 64.8 Å². The Hall–Kier alpha value is -3.48. The molecule has 0 spiro atoms. The summed E-state index contributed by atoms with van der Waals surface area (Å²) in [6, 6.07) is 13.4. The summed E-state index contributed by atoms with van der Waals surface area (Å²) in [6.45, 7) is 2.23. The number of hydrogen-bond donors (Lipinski definition) is 1. The molecule has 0 bridgehead atoms. The number of anilines is 1. The van der Waals surface area contributed by atoms with Gasteiger partial charge in [-0.1, -0.05) is 37.5 Å². The first-order chi connectivity index (χ1) is 15.2. The van der Waals surface area contributed by atoms with Crippen LogP contribution in [-0.4, -0.2) is 25.2 Å². The molecule has 0 saturated heterocycles. The van der Waals surface area contributed by atoms with Gasteiger partial charge < -0.3 is 9.88 Å². The van der Waals surface area contributed by atoms with Gasteiger partial charge in [0.25, 0.3) is 11.5 Å². The molecular formula is C24H25N5O2. The number of aryl methyl sites for hydroxylation is 1. The van der Waals surface area contributed by atoms with E-state index < -0.39 is 0 Å². The van der Waals surface area contributed by atoms with Crippen LogP contribution < -0.4 is 10.9 Å². The quantitative estimate of drug-likeness (QED) is 0.531. The number of imidazole rings is 1. The summed E-state index contributed by atoms with van der Waals surface area (Å²) in [5, 5.41) is 8.30. The molecule has 1 amide bonds. The third-order valence-electron chi connectivity index (χ3n) is 6.18. The number of benzene rings is 2. The average molecular weight is 415 g/mol. The van der Waals surface area contributed by atoms with Gasteiger partial charge in [0.2, 0.25) is 0 Å². The summed E-state index contributed by atoms with van der Waals surface area (Å²) in [7, 11) is 0. The molecule has 0 radical (unpaired) electrons. The van der Waals surface area contributed by atoms with E-state index in [1.807, 2.05) is 31.5 Å². The van der Waals surface area contributed by atoms with Gasteiger partial charge >= 0.3 is 0 Å². The smallest absolute Gasteiger partial charge is 0.276 e. The molecule has 7 heteroatoms. The third kappa shape index (κ3) is 3.50. The number of carbonyl (C=O) groups excluding carboxylic acids is 1. The van der Waals surface area contributed by atoms with Gasteiger partial charge in [-0.2, -0.15) is 5.10 Å². The van der Waals surface area contributed by atoms with Crippen molar-refractivity contribution in [2.24, 2.45) is 0 Å². The van der Waals surface area contributed by atoms with Crippen LogP contribution in [0, 0.1) is 0 Å². The van der Waals surface area contributed by atoms with Crippen molar-refractivity contribution in [3.8, 4) is 0 Å². The number of nitrogens with zero attached hydrogens (tertiary/aromatic N) is 4. The third-order valence-corrected chi connectivity index (χ3v) is 6.18. The Bertz CT molecular complexity index is 1330. The van der Waals surface area contributed by atoms with E-state index in [2.05, 4.69) is 20.0 Å². The standard InChI is InChI=1S/C24H25N5O2/c1-2-29-24(31)19-11-7-6-10-18(19)22(27-29)23(30)26-16-12-13-21-20(14-16)25-15-28(21)17-8-4-3-5-9-17/h6-7,10-15,17H,2-5,8-9H2,1H3,(H,26,30). The molecule has 1 N–H and O–H groups in total. The summed E-state index contributed by atoms with van der Waals surface area (Å²) in [6.07, 6.45) is 8.14. The van der Waals surface area contributed by atoms with E-state index in [9.17, 15) is 9.59 Å². The Morgan fingerprint density at radius 1 is 1.10 bits per heavy atom. The Balaban J connectivity index is 1.47. The molecule has 158 valence electrons. The van der Waals surface area contributed by atoms with E-state index in [1.54, 1.807) is 24.3 Å². The zero-order valence-corrected chi connectivity index (χ0v) is 17.5. The fraction of sp³-hybridized carbons (Fsp3) is 0.333. The van der Waals surface area contributed by atoms with Crippen molar-refractivity contribution in [1.29, 1.82) is 0 Å². The molecule has 1 fully saturated rings. The minimum Gasteiger partial charge on any atom is -0.327 e. The predicted molar refractivity (Wildman–Crippen MR) is 121 cm³/mol. The second-order valence-corrected chi connectivity index (χ2v) is 8.12. The molecule has 0 atom stereocenters. The number of rotatable bonds is 4. The second-order valence-electron chi connectivity index (χ2n) is 8.12. The molecule has 7 nitrogen and oxygen atoms in total. The van der Waals surface area contributed by atoms with Crippen molar-refractivity contribution in [3.63, 3.8) is 0 Å². The fourth-order valence-corrected chi connectivity index (χ4v) is 4.57. The van der Waals surface area contributed by atoms with Gasteiger partial charge in [0.15, 0.2) is 5.69 Å². The highest BCUT2D eigenvalue weighted by atomic mass is 16.2. The van der Waals surface area contributed by atoms with Gasteiger partial charge in [0.1, 0.15) is 0 Å².